The molecular weight excluding hydrogens is 168 g/mol. The van der Waals surface area contributed by atoms with Crippen molar-refractivity contribution in [3.8, 4) is 0 Å². The van der Waals surface area contributed by atoms with Crippen molar-refractivity contribution in [2.75, 3.05) is 0 Å². The minimum absolute atomic E-state index is 0.0313. The van der Waals surface area contributed by atoms with Crippen LogP contribution in [0.25, 0.3) is 0 Å². The average molecular weight is 182 g/mol. The lowest BCUT2D eigenvalue weighted by molar-refractivity contribution is -0.136. The van der Waals surface area contributed by atoms with E-state index >= 15 is 0 Å². The van der Waals surface area contributed by atoms with E-state index in [-0.39, 0.29) is 6.42 Å². The van der Waals surface area contributed by atoms with E-state index < -0.39 is 5.97 Å². The molecule has 0 bridgehead atoms. The van der Waals surface area contributed by atoms with Crippen molar-refractivity contribution < 1.29 is 14.3 Å². The fourth-order valence-electron chi connectivity index (χ4n) is 1.10. The molecule has 0 spiro atoms. The topological polar surface area (TPSA) is 50.4 Å². The second kappa shape index (κ2) is 4.12. The molecule has 0 aliphatic rings. The molecule has 1 heterocycles. The van der Waals surface area contributed by atoms with Gasteiger partial charge < -0.3 is 9.52 Å². The molecule has 13 heavy (non-hydrogen) atoms. The molecule has 3 heteroatoms. The lowest BCUT2D eigenvalue weighted by Gasteiger charge is -2.02. The van der Waals surface area contributed by atoms with E-state index in [0.29, 0.717) is 11.7 Å². The van der Waals surface area contributed by atoms with Gasteiger partial charge in [-0.15, -0.1) is 0 Å². The fourth-order valence-corrected chi connectivity index (χ4v) is 1.10. The summed E-state index contributed by atoms with van der Waals surface area (Å²) < 4.78 is 5.37. The van der Waals surface area contributed by atoms with E-state index in [1.54, 1.807) is 6.07 Å². The van der Waals surface area contributed by atoms with Crippen LogP contribution in [0.15, 0.2) is 16.5 Å². The summed E-state index contributed by atoms with van der Waals surface area (Å²) in [5.74, 6) is 0.911. The molecule has 1 rings (SSSR count). The monoisotopic (exact) mass is 182 g/mol. The summed E-state index contributed by atoms with van der Waals surface area (Å²) >= 11 is 0. The summed E-state index contributed by atoms with van der Waals surface area (Å²) in [7, 11) is 0. The third-order valence-corrected chi connectivity index (χ3v) is 2.11. The highest BCUT2D eigenvalue weighted by atomic mass is 16.4. The molecule has 1 unspecified atom stereocenters. The molecule has 1 aromatic heterocycles. The molecule has 1 N–H and O–H groups in total. The van der Waals surface area contributed by atoms with E-state index in [9.17, 15) is 4.79 Å². The molecule has 0 aliphatic carbocycles. The Hall–Kier alpha value is -1.25. The molecule has 0 amide bonds. The largest absolute Gasteiger partial charge is 0.481 e. The van der Waals surface area contributed by atoms with Crippen molar-refractivity contribution >= 4 is 5.97 Å². The normalized spacial score (nSPS) is 12.8. The number of aliphatic carboxylic acids is 1. The summed E-state index contributed by atoms with van der Waals surface area (Å²) in [5, 5.41) is 8.51. The second-order valence-corrected chi connectivity index (χ2v) is 3.18. The van der Waals surface area contributed by atoms with Gasteiger partial charge in [-0.05, 0) is 18.6 Å². The number of furan rings is 1. The highest BCUT2D eigenvalue weighted by Gasteiger charge is 2.10. The molecular formula is C10H14O3. The van der Waals surface area contributed by atoms with E-state index in [4.69, 9.17) is 9.52 Å². The summed E-state index contributed by atoms with van der Waals surface area (Å²) in [6, 6.07) is 3.59. The van der Waals surface area contributed by atoms with Crippen molar-refractivity contribution in [3.05, 3.63) is 23.7 Å². The van der Waals surface area contributed by atoms with Gasteiger partial charge >= 0.3 is 5.97 Å². The van der Waals surface area contributed by atoms with Crippen molar-refractivity contribution in [1.82, 2.24) is 0 Å². The number of hydrogen-bond donors (Lipinski definition) is 1. The van der Waals surface area contributed by atoms with Gasteiger partial charge in [-0.2, -0.15) is 0 Å². The summed E-state index contributed by atoms with van der Waals surface area (Å²) in [6.45, 7) is 4.13. The molecule has 0 aromatic carbocycles. The predicted octanol–water partition coefficient (Wildman–Crippen LogP) is 2.42. The molecule has 1 atom stereocenters. The smallest absolute Gasteiger partial charge is 0.311 e. The molecule has 1 aromatic rings. The van der Waals surface area contributed by atoms with Gasteiger partial charge in [0.25, 0.3) is 0 Å². The van der Waals surface area contributed by atoms with E-state index in [1.807, 2.05) is 6.07 Å². The summed E-state index contributed by atoms with van der Waals surface area (Å²) in [6.07, 6.45) is 0.969. The Morgan fingerprint density at radius 3 is 2.85 bits per heavy atom. The van der Waals surface area contributed by atoms with Crippen LogP contribution in [0.5, 0.6) is 0 Å². The van der Waals surface area contributed by atoms with Crippen LogP contribution < -0.4 is 0 Å². The van der Waals surface area contributed by atoms with Gasteiger partial charge in [0.15, 0.2) is 0 Å². The van der Waals surface area contributed by atoms with E-state index in [2.05, 4.69) is 13.8 Å². The van der Waals surface area contributed by atoms with Crippen LogP contribution in [0.1, 0.15) is 37.7 Å². The summed E-state index contributed by atoms with van der Waals surface area (Å²) in [4.78, 5) is 10.4. The number of carboxylic acid groups (broad SMARTS) is 1. The van der Waals surface area contributed by atoms with Gasteiger partial charge in [0.1, 0.15) is 17.9 Å². The maximum atomic E-state index is 10.4. The standard InChI is InChI=1S/C10H14O3/c1-3-7(2)9-5-4-8(13-9)6-10(11)12/h4-5,7H,3,6H2,1-2H3,(H,11,12). The zero-order valence-electron chi connectivity index (χ0n) is 7.91. The van der Waals surface area contributed by atoms with Crippen LogP contribution in [0, 0.1) is 0 Å². The molecule has 3 nitrogen and oxygen atoms in total. The number of carbonyl (C=O) groups is 1. The Bertz CT molecular complexity index is 288. The maximum absolute atomic E-state index is 10.4. The van der Waals surface area contributed by atoms with Crippen LogP contribution in [0.2, 0.25) is 0 Å². The summed E-state index contributed by atoms with van der Waals surface area (Å²) in [5.41, 5.74) is 0. The van der Waals surface area contributed by atoms with Gasteiger partial charge in [0.2, 0.25) is 0 Å². The van der Waals surface area contributed by atoms with Gasteiger partial charge in [-0.1, -0.05) is 13.8 Å². The Balaban J connectivity index is 2.68. The third-order valence-electron chi connectivity index (χ3n) is 2.11. The highest BCUT2D eigenvalue weighted by molar-refractivity contribution is 5.69. The van der Waals surface area contributed by atoms with Crippen LogP contribution in [0.3, 0.4) is 0 Å². The van der Waals surface area contributed by atoms with E-state index in [1.165, 1.54) is 0 Å². The lowest BCUT2D eigenvalue weighted by atomic mass is 10.1. The predicted molar refractivity (Wildman–Crippen MR) is 48.8 cm³/mol. The van der Waals surface area contributed by atoms with Gasteiger partial charge in [0, 0.05) is 5.92 Å². The molecule has 0 fully saturated rings. The maximum Gasteiger partial charge on any atom is 0.311 e. The third kappa shape index (κ3) is 2.61. The number of carboxylic acids is 1. The first-order valence-electron chi connectivity index (χ1n) is 4.44. The van der Waals surface area contributed by atoms with Crippen molar-refractivity contribution in [3.63, 3.8) is 0 Å². The van der Waals surface area contributed by atoms with Crippen LogP contribution in [-0.4, -0.2) is 11.1 Å². The second-order valence-electron chi connectivity index (χ2n) is 3.18. The first-order chi connectivity index (χ1) is 6.13. The van der Waals surface area contributed by atoms with E-state index in [0.717, 1.165) is 12.2 Å². The SMILES string of the molecule is CCC(C)c1ccc(CC(=O)O)o1. The van der Waals surface area contributed by atoms with Crippen molar-refractivity contribution in [2.24, 2.45) is 0 Å². The fraction of sp³-hybridized carbons (Fsp3) is 0.500. The van der Waals surface area contributed by atoms with Crippen LogP contribution in [-0.2, 0) is 11.2 Å². The Kier molecular flexibility index (Phi) is 3.12. The Morgan fingerprint density at radius 1 is 1.62 bits per heavy atom. The first kappa shape index (κ1) is 9.84. The van der Waals surface area contributed by atoms with Gasteiger partial charge in [-0.3, -0.25) is 4.79 Å². The molecule has 0 radical (unpaired) electrons. The van der Waals surface area contributed by atoms with Crippen LogP contribution in [0.4, 0.5) is 0 Å². The first-order valence-corrected chi connectivity index (χ1v) is 4.44. The average Bonchev–Trinajstić information content (AvgIpc) is 2.50. The number of hydrogen-bond acceptors (Lipinski definition) is 2. The minimum atomic E-state index is -0.856. The molecule has 0 aliphatic heterocycles. The molecule has 0 saturated heterocycles. The highest BCUT2D eigenvalue weighted by Crippen LogP contribution is 2.21. The quantitative estimate of drug-likeness (QED) is 0.777. The van der Waals surface area contributed by atoms with Gasteiger partial charge in [-0.25, -0.2) is 0 Å². The number of rotatable bonds is 4. The van der Waals surface area contributed by atoms with Crippen LogP contribution >= 0.6 is 0 Å². The Morgan fingerprint density at radius 2 is 2.31 bits per heavy atom. The zero-order valence-corrected chi connectivity index (χ0v) is 7.91. The zero-order chi connectivity index (χ0) is 9.84. The Labute approximate surface area is 77.4 Å². The minimum Gasteiger partial charge on any atom is -0.481 e. The van der Waals surface area contributed by atoms with Gasteiger partial charge in [0.05, 0.1) is 0 Å². The molecule has 72 valence electrons. The lowest BCUT2D eigenvalue weighted by Crippen LogP contribution is -1.98. The van der Waals surface area contributed by atoms with Crippen molar-refractivity contribution in [1.29, 1.82) is 0 Å². The van der Waals surface area contributed by atoms with Crippen molar-refractivity contribution in [2.45, 2.75) is 32.6 Å². The molecule has 0 saturated carbocycles.